The average Bonchev–Trinajstić information content (AvgIpc) is 2.50. The highest BCUT2D eigenvalue weighted by atomic mass is 16.5. The number of nitrogens with one attached hydrogen (secondary N) is 1. The van der Waals surface area contributed by atoms with Gasteiger partial charge in [-0.3, -0.25) is 11.3 Å². The molecule has 3 N–H and O–H groups in total. The van der Waals surface area contributed by atoms with Crippen LogP contribution in [-0.4, -0.2) is 18.8 Å². The average molecular weight is 276 g/mol. The zero-order chi connectivity index (χ0) is 14.4. The minimum Gasteiger partial charge on any atom is -0.377 e. The summed E-state index contributed by atoms with van der Waals surface area (Å²) in [6.45, 7) is 4.96. The van der Waals surface area contributed by atoms with Crippen LogP contribution in [0.1, 0.15) is 56.6 Å². The summed E-state index contributed by atoms with van der Waals surface area (Å²) >= 11 is 0. The first kappa shape index (κ1) is 15.5. The standard InChI is InChI=1S/C17H28N2O/c1-3-17(20-4-2)16(19-18)12-14-10-7-9-13-8-5-6-11-15(13)14/h5-6,8,11,14,16-17,19H,3-4,7,9-10,12,18H2,1-2H3. The minimum atomic E-state index is 0.207. The van der Waals surface area contributed by atoms with Crippen LogP contribution >= 0.6 is 0 Å². The fourth-order valence-electron chi connectivity index (χ4n) is 3.47. The quantitative estimate of drug-likeness (QED) is 0.594. The van der Waals surface area contributed by atoms with E-state index in [4.69, 9.17) is 10.6 Å². The molecule has 1 aromatic carbocycles. The van der Waals surface area contributed by atoms with Crippen molar-refractivity contribution in [3.05, 3.63) is 35.4 Å². The van der Waals surface area contributed by atoms with Gasteiger partial charge in [0.25, 0.3) is 0 Å². The lowest BCUT2D eigenvalue weighted by molar-refractivity contribution is 0.0273. The Kier molecular flexibility index (Phi) is 6.02. The van der Waals surface area contributed by atoms with Crippen LogP contribution in [0.4, 0.5) is 0 Å². The molecule has 0 bridgehead atoms. The van der Waals surface area contributed by atoms with E-state index < -0.39 is 0 Å². The first-order valence-corrected chi connectivity index (χ1v) is 7.95. The van der Waals surface area contributed by atoms with Crippen LogP contribution in [0.2, 0.25) is 0 Å². The molecule has 3 heteroatoms. The topological polar surface area (TPSA) is 47.3 Å². The Morgan fingerprint density at radius 2 is 2.15 bits per heavy atom. The van der Waals surface area contributed by atoms with Crippen LogP contribution in [0.3, 0.4) is 0 Å². The first-order valence-electron chi connectivity index (χ1n) is 7.95. The Balaban J connectivity index is 2.08. The number of aryl methyl sites for hydroxylation is 1. The van der Waals surface area contributed by atoms with Gasteiger partial charge < -0.3 is 4.74 Å². The van der Waals surface area contributed by atoms with Gasteiger partial charge in [-0.15, -0.1) is 0 Å². The molecular formula is C17H28N2O. The van der Waals surface area contributed by atoms with Crippen LogP contribution in [0.15, 0.2) is 24.3 Å². The summed E-state index contributed by atoms with van der Waals surface area (Å²) in [7, 11) is 0. The van der Waals surface area contributed by atoms with E-state index in [1.54, 1.807) is 0 Å². The van der Waals surface area contributed by atoms with Crippen LogP contribution in [0.5, 0.6) is 0 Å². The normalized spacial score (nSPS) is 21.2. The Morgan fingerprint density at radius 3 is 2.85 bits per heavy atom. The van der Waals surface area contributed by atoms with E-state index in [1.807, 2.05) is 6.92 Å². The molecule has 0 radical (unpaired) electrons. The monoisotopic (exact) mass is 276 g/mol. The van der Waals surface area contributed by atoms with Crippen molar-refractivity contribution in [2.24, 2.45) is 5.84 Å². The molecule has 0 aromatic heterocycles. The van der Waals surface area contributed by atoms with Gasteiger partial charge in [0.1, 0.15) is 0 Å². The van der Waals surface area contributed by atoms with Gasteiger partial charge in [0.2, 0.25) is 0 Å². The summed E-state index contributed by atoms with van der Waals surface area (Å²) in [6.07, 6.45) is 6.03. The number of hydrogen-bond acceptors (Lipinski definition) is 3. The van der Waals surface area contributed by atoms with Gasteiger partial charge >= 0.3 is 0 Å². The highest BCUT2D eigenvalue weighted by molar-refractivity contribution is 5.32. The molecule has 0 heterocycles. The highest BCUT2D eigenvalue weighted by Gasteiger charge is 2.27. The molecule has 0 saturated heterocycles. The lowest BCUT2D eigenvalue weighted by Gasteiger charge is -2.32. The molecule has 1 aromatic rings. The van der Waals surface area contributed by atoms with Crippen molar-refractivity contribution in [3.8, 4) is 0 Å². The number of nitrogens with two attached hydrogens (primary N) is 1. The van der Waals surface area contributed by atoms with Crippen molar-refractivity contribution >= 4 is 0 Å². The maximum Gasteiger partial charge on any atom is 0.0738 e. The van der Waals surface area contributed by atoms with Crippen LogP contribution in [0, 0.1) is 0 Å². The van der Waals surface area contributed by atoms with Crippen LogP contribution in [0.25, 0.3) is 0 Å². The number of rotatable bonds is 7. The van der Waals surface area contributed by atoms with Crippen molar-refractivity contribution in [2.45, 2.75) is 64.0 Å². The highest BCUT2D eigenvalue weighted by Crippen LogP contribution is 2.35. The van der Waals surface area contributed by atoms with Gasteiger partial charge in [0.15, 0.2) is 0 Å². The summed E-state index contributed by atoms with van der Waals surface area (Å²) in [5.74, 6) is 6.39. The maximum atomic E-state index is 5.83. The molecule has 3 atom stereocenters. The lowest BCUT2D eigenvalue weighted by atomic mass is 9.79. The summed E-state index contributed by atoms with van der Waals surface area (Å²) in [5.41, 5.74) is 6.03. The second-order valence-corrected chi connectivity index (χ2v) is 5.70. The van der Waals surface area contributed by atoms with Crippen molar-refractivity contribution in [1.82, 2.24) is 5.43 Å². The molecule has 0 aliphatic heterocycles. The van der Waals surface area contributed by atoms with E-state index in [-0.39, 0.29) is 12.1 Å². The molecule has 112 valence electrons. The fraction of sp³-hybridized carbons (Fsp3) is 0.647. The number of fused-ring (bicyclic) bond motifs is 1. The van der Waals surface area contributed by atoms with E-state index in [2.05, 4.69) is 36.6 Å². The molecule has 3 unspecified atom stereocenters. The molecule has 2 rings (SSSR count). The predicted molar refractivity (Wildman–Crippen MR) is 83.6 cm³/mol. The van der Waals surface area contributed by atoms with E-state index in [0.29, 0.717) is 5.92 Å². The Morgan fingerprint density at radius 1 is 1.35 bits per heavy atom. The van der Waals surface area contributed by atoms with Gasteiger partial charge in [-0.25, -0.2) is 0 Å². The Labute approximate surface area is 122 Å². The van der Waals surface area contributed by atoms with Crippen molar-refractivity contribution in [3.63, 3.8) is 0 Å². The van der Waals surface area contributed by atoms with Crippen LogP contribution < -0.4 is 11.3 Å². The van der Waals surface area contributed by atoms with Gasteiger partial charge in [-0.05, 0) is 56.1 Å². The molecule has 0 fully saturated rings. The second kappa shape index (κ2) is 7.77. The summed E-state index contributed by atoms with van der Waals surface area (Å²) in [4.78, 5) is 0. The maximum absolute atomic E-state index is 5.83. The van der Waals surface area contributed by atoms with Gasteiger partial charge in [0.05, 0.1) is 6.10 Å². The number of hydrazine groups is 1. The van der Waals surface area contributed by atoms with E-state index in [0.717, 1.165) is 19.4 Å². The van der Waals surface area contributed by atoms with Gasteiger partial charge in [-0.2, -0.15) is 0 Å². The largest absolute Gasteiger partial charge is 0.377 e. The number of benzene rings is 1. The SMILES string of the molecule is CCOC(CC)C(CC1CCCc2ccccc21)NN. The second-order valence-electron chi connectivity index (χ2n) is 5.70. The zero-order valence-electron chi connectivity index (χ0n) is 12.8. The van der Waals surface area contributed by atoms with Crippen molar-refractivity contribution < 1.29 is 4.74 Å². The molecule has 0 saturated carbocycles. The first-order chi connectivity index (χ1) is 9.80. The summed E-state index contributed by atoms with van der Waals surface area (Å²) in [6, 6.07) is 9.09. The lowest BCUT2D eigenvalue weighted by Crippen LogP contribution is -2.46. The smallest absolute Gasteiger partial charge is 0.0738 e. The molecule has 1 aliphatic rings. The summed E-state index contributed by atoms with van der Waals surface area (Å²) in [5, 5.41) is 0. The molecular weight excluding hydrogens is 248 g/mol. The molecule has 1 aliphatic carbocycles. The van der Waals surface area contributed by atoms with E-state index in [9.17, 15) is 0 Å². The third kappa shape index (κ3) is 3.60. The fourth-order valence-corrected chi connectivity index (χ4v) is 3.47. The van der Waals surface area contributed by atoms with E-state index in [1.165, 1.54) is 30.4 Å². The summed E-state index contributed by atoms with van der Waals surface area (Å²) < 4.78 is 5.83. The third-order valence-corrected chi connectivity index (χ3v) is 4.48. The Bertz CT molecular complexity index is 408. The predicted octanol–water partition coefficient (Wildman–Crippen LogP) is 3.14. The number of hydrogen-bond donors (Lipinski definition) is 2. The van der Waals surface area contributed by atoms with Crippen LogP contribution in [-0.2, 0) is 11.2 Å². The molecule has 3 nitrogen and oxygen atoms in total. The molecule has 20 heavy (non-hydrogen) atoms. The van der Waals surface area contributed by atoms with Crippen molar-refractivity contribution in [2.75, 3.05) is 6.61 Å². The molecule has 0 spiro atoms. The molecule has 0 amide bonds. The third-order valence-electron chi connectivity index (χ3n) is 4.48. The van der Waals surface area contributed by atoms with Gasteiger partial charge in [0, 0.05) is 12.6 Å². The van der Waals surface area contributed by atoms with E-state index >= 15 is 0 Å². The van der Waals surface area contributed by atoms with Crippen molar-refractivity contribution in [1.29, 1.82) is 0 Å². The zero-order valence-corrected chi connectivity index (χ0v) is 12.8. The Hall–Kier alpha value is -0.900. The number of ether oxygens (including phenoxy) is 1. The minimum absolute atomic E-state index is 0.207. The van der Waals surface area contributed by atoms with Gasteiger partial charge in [-0.1, -0.05) is 31.2 Å².